The van der Waals surface area contributed by atoms with Gasteiger partial charge in [0, 0.05) is 5.41 Å². The second-order valence-electron chi connectivity index (χ2n) is 6.13. The highest BCUT2D eigenvalue weighted by Gasteiger charge is 2.36. The first-order valence-corrected chi connectivity index (χ1v) is 6.75. The quantitative estimate of drug-likeness (QED) is 0.843. The van der Waals surface area contributed by atoms with Crippen molar-refractivity contribution in [2.75, 3.05) is 7.11 Å². The Bertz CT molecular complexity index is 301. The van der Waals surface area contributed by atoms with Crippen molar-refractivity contribution in [2.45, 2.75) is 58.9 Å². The van der Waals surface area contributed by atoms with Gasteiger partial charge < -0.3 is 10.1 Å². The Morgan fingerprint density at radius 1 is 1.17 bits per heavy atom. The number of carbonyl (C=O) groups is 2. The predicted molar refractivity (Wildman–Crippen MR) is 70.4 cm³/mol. The van der Waals surface area contributed by atoms with E-state index in [-0.39, 0.29) is 11.7 Å². The normalized spacial score (nSPS) is 19.1. The van der Waals surface area contributed by atoms with Gasteiger partial charge >= 0.3 is 6.09 Å². The molecule has 1 fully saturated rings. The zero-order valence-electron chi connectivity index (χ0n) is 11.9. The van der Waals surface area contributed by atoms with E-state index in [4.69, 9.17) is 0 Å². The van der Waals surface area contributed by atoms with Gasteiger partial charge in [0.1, 0.15) is 0 Å². The van der Waals surface area contributed by atoms with Crippen LogP contribution in [0.5, 0.6) is 0 Å². The van der Waals surface area contributed by atoms with Crippen LogP contribution in [-0.4, -0.2) is 25.0 Å². The fourth-order valence-electron chi connectivity index (χ4n) is 2.52. The summed E-state index contributed by atoms with van der Waals surface area (Å²) in [6.07, 6.45) is 5.02. The number of carbonyl (C=O) groups excluding carboxylic acids is 2. The fraction of sp³-hybridized carbons (Fsp3) is 0.857. The lowest BCUT2D eigenvalue weighted by Gasteiger charge is -2.33. The van der Waals surface area contributed by atoms with Gasteiger partial charge in [-0.2, -0.15) is 0 Å². The van der Waals surface area contributed by atoms with E-state index in [9.17, 15) is 9.59 Å². The van der Waals surface area contributed by atoms with E-state index in [2.05, 4.69) is 10.1 Å². The summed E-state index contributed by atoms with van der Waals surface area (Å²) in [7, 11) is 1.33. The molecule has 4 nitrogen and oxygen atoms in total. The third-order valence-electron chi connectivity index (χ3n) is 3.60. The van der Waals surface area contributed by atoms with Crippen molar-refractivity contribution in [1.29, 1.82) is 0 Å². The number of Topliss-reactive ketones (excluding diaryl/α,β-unsaturated/α-hetero) is 1. The van der Waals surface area contributed by atoms with E-state index < -0.39 is 17.6 Å². The van der Waals surface area contributed by atoms with E-state index in [1.54, 1.807) is 0 Å². The Balaban J connectivity index is 2.79. The smallest absolute Gasteiger partial charge is 0.407 e. The molecular weight excluding hydrogens is 230 g/mol. The van der Waals surface area contributed by atoms with Crippen LogP contribution in [0.4, 0.5) is 4.79 Å². The molecule has 0 aromatic carbocycles. The van der Waals surface area contributed by atoms with Crippen molar-refractivity contribution in [1.82, 2.24) is 5.32 Å². The molecule has 0 unspecified atom stereocenters. The molecule has 1 atom stereocenters. The molecule has 18 heavy (non-hydrogen) atoms. The minimum Gasteiger partial charge on any atom is -0.453 e. The summed E-state index contributed by atoms with van der Waals surface area (Å²) in [5, 5.41) is 2.73. The molecule has 104 valence electrons. The second-order valence-corrected chi connectivity index (χ2v) is 6.13. The van der Waals surface area contributed by atoms with Crippen LogP contribution >= 0.6 is 0 Å². The first kappa shape index (κ1) is 15.0. The third kappa shape index (κ3) is 4.00. The van der Waals surface area contributed by atoms with Crippen LogP contribution in [0.2, 0.25) is 0 Å². The van der Waals surface area contributed by atoms with Crippen molar-refractivity contribution in [3.63, 3.8) is 0 Å². The molecule has 1 saturated carbocycles. The zero-order chi connectivity index (χ0) is 13.8. The fourth-order valence-corrected chi connectivity index (χ4v) is 2.52. The number of methoxy groups -OCH3 is 1. The topological polar surface area (TPSA) is 55.4 Å². The van der Waals surface area contributed by atoms with Gasteiger partial charge in [-0.15, -0.1) is 0 Å². The van der Waals surface area contributed by atoms with Gasteiger partial charge in [-0.25, -0.2) is 4.79 Å². The average molecular weight is 255 g/mol. The summed E-state index contributed by atoms with van der Waals surface area (Å²) in [6, 6.07) is -0.405. The van der Waals surface area contributed by atoms with Gasteiger partial charge in [-0.05, 0) is 18.8 Å². The summed E-state index contributed by atoms with van der Waals surface area (Å²) in [4.78, 5) is 23.9. The van der Waals surface area contributed by atoms with Crippen LogP contribution in [0, 0.1) is 11.3 Å². The first-order valence-electron chi connectivity index (χ1n) is 6.75. The lowest BCUT2D eigenvalue weighted by atomic mass is 9.76. The molecule has 1 rings (SSSR count). The number of rotatable bonds is 3. The van der Waals surface area contributed by atoms with E-state index in [1.165, 1.54) is 13.5 Å². The molecular formula is C14H25NO3. The molecule has 0 saturated heterocycles. The minimum absolute atomic E-state index is 0.0970. The first-order chi connectivity index (χ1) is 8.36. The van der Waals surface area contributed by atoms with Crippen molar-refractivity contribution >= 4 is 11.9 Å². The number of nitrogens with one attached hydrogen (secondary N) is 1. The lowest BCUT2D eigenvalue weighted by molar-refractivity contribution is -0.130. The van der Waals surface area contributed by atoms with Gasteiger partial charge in [0.05, 0.1) is 13.2 Å². The number of hydrogen-bond acceptors (Lipinski definition) is 3. The summed E-state index contributed by atoms with van der Waals surface area (Å²) in [5.74, 6) is 0.351. The number of alkyl carbamates (subject to hydrolysis) is 1. The van der Waals surface area contributed by atoms with Crippen LogP contribution in [0.25, 0.3) is 0 Å². The van der Waals surface area contributed by atoms with Crippen LogP contribution in [0.1, 0.15) is 52.9 Å². The Labute approximate surface area is 109 Å². The number of ether oxygens (including phenoxy) is 1. The summed E-state index contributed by atoms with van der Waals surface area (Å²) in [5.41, 5.74) is -0.441. The third-order valence-corrected chi connectivity index (χ3v) is 3.60. The number of ketones is 1. The molecule has 0 bridgehead atoms. The Kier molecular flexibility index (Phi) is 5.17. The molecule has 4 heteroatoms. The Morgan fingerprint density at radius 3 is 2.17 bits per heavy atom. The van der Waals surface area contributed by atoms with Gasteiger partial charge in [-0.3, -0.25) is 4.79 Å². The largest absolute Gasteiger partial charge is 0.453 e. The molecule has 0 radical (unpaired) electrons. The van der Waals surface area contributed by atoms with Gasteiger partial charge in [0.2, 0.25) is 0 Å². The van der Waals surface area contributed by atoms with Crippen molar-refractivity contribution in [2.24, 2.45) is 11.3 Å². The summed E-state index contributed by atoms with van der Waals surface area (Å²) < 4.78 is 4.63. The molecule has 1 aliphatic carbocycles. The van der Waals surface area contributed by atoms with Crippen molar-refractivity contribution in [3.8, 4) is 0 Å². The minimum atomic E-state index is -0.511. The number of amides is 1. The maximum absolute atomic E-state index is 12.4. The van der Waals surface area contributed by atoms with Gasteiger partial charge in [0.15, 0.2) is 5.78 Å². The van der Waals surface area contributed by atoms with Gasteiger partial charge in [-0.1, -0.05) is 40.0 Å². The van der Waals surface area contributed by atoms with E-state index in [0.717, 1.165) is 25.7 Å². The number of hydrogen-bond donors (Lipinski definition) is 1. The highest BCUT2D eigenvalue weighted by atomic mass is 16.5. The molecule has 0 aliphatic heterocycles. The average Bonchev–Trinajstić information content (AvgIpc) is 2.34. The van der Waals surface area contributed by atoms with Crippen LogP contribution in [0.3, 0.4) is 0 Å². The molecule has 0 aromatic heterocycles. The monoisotopic (exact) mass is 255 g/mol. The lowest BCUT2D eigenvalue weighted by Crippen LogP contribution is -2.50. The standard InChI is InChI=1S/C14H25NO3/c1-14(2,3)12(16)11(15-13(17)18-4)10-8-6-5-7-9-10/h10-11H,5-9H2,1-4H3,(H,15,17)/t11-/m0/s1. The van der Waals surface area contributed by atoms with Crippen molar-refractivity contribution < 1.29 is 14.3 Å². The maximum atomic E-state index is 12.4. The van der Waals surface area contributed by atoms with Crippen molar-refractivity contribution in [3.05, 3.63) is 0 Å². The van der Waals surface area contributed by atoms with Crippen LogP contribution in [0.15, 0.2) is 0 Å². The molecule has 0 aromatic rings. The van der Waals surface area contributed by atoms with E-state index >= 15 is 0 Å². The SMILES string of the molecule is COC(=O)N[C@H](C(=O)C(C)(C)C)C1CCCCC1. The zero-order valence-corrected chi connectivity index (χ0v) is 11.9. The van der Waals surface area contributed by atoms with E-state index in [1.807, 2.05) is 20.8 Å². The molecule has 1 amide bonds. The summed E-state index contributed by atoms with van der Waals surface area (Å²) >= 11 is 0. The van der Waals surface area contributed by atoms with Crippen LogP contribution < -0.4 is 5.32 Å². The van der Waals surface area contributed by atoms with Gasteiger partial charge in [0.25, 0.3) is 0 Å². The maximum Gasteiger partial charge on any atom is 0.407 e. The highest BCUT2D eigenvalue weighted by Crippen LogP contribution is 2.30. The molecule has 0 spiro atoms. The van der Waals surface area contributed by atoms with E-state index in [0.29, 0.717) is 0 Å². The second kappa shape index (κ2) is 6.21. The Morgan fingerprint density at radius 2 is 1.72 bits per heavy atom. The Hall–Kier alpha value is -1.06. The molecule has 0 heterocycles. The summed E-state index contributed by atoms with van der Waals surface area (Å²) in [6.45, 7) is 5.68. The molecule has 1 aliphatic rings. The predicted octanol–water partition coefficient (Wildman–Crippen LogP) is 2.91. The van der Waals surface area contributed by atoms with Crippen LogP contribution in [-0.2, 0) is 9.53 Å². The highest BCUT2D eigenvalue weighted by molar-refractivity contribution is 5.91. The molecule has 1 N–H and O–H groups in total.